The SMILES string of the molecule is Cc1nc(N2CC3CN(C(=O)c4c(F)cccc4N/N=C\C=N)CC3C2)cc(=O)[nH]1. The highest BCUT2D eigenvalue weighted by molar-refractivity contribution is 6.14. The van der Waals surface area contributed by atoms with Crippen LogP contribution in [-0.4, -0.2) is 59.4 Å². The van der Waals surface area contributed by atoms with Gasteiger partial charge in [0, 0.05) is 50.3 Å². The van der Waals surface area contributed by atoms with E-state index in [1.807, 2.05) is 0 Å². The topological polar surface area (TPSA) is 118 Å². The molecule has 9 nitrogen and oxygen atoms in total. The average Bonchev–Trinajstić information content (AvgIpc) is 3.26. The molecule has 0 spiro atoms. The molecule has 0 bridgehead atoms. The third kappa shape index (κ3) is 3.80. The lowest BCUT2D eigenvalue weighted by atomic mass is 10.0. The number of fused-ring (bicyclic) bond motifs is 1. The number of carbonyl (C=O) groups excluding carboxylic acids is 1. The monoisotopic (exact) mass is 411 g/mol. The van der Waals surface area contributed by atoms with Crippen molar-refractivity contribution >= 4 is 29.8 Å². The Morgan fingerprint density at radius 1 is 1.33 bits per heavy atom. The van der Waals surface area contributed by atoms with Gasteiger partial charge in [-0.2, -0.15) is 5.10 Å². The number of nitrogens with one attached hydrogen (secondary N) is 3. The lowest BCUT2D eigenvalue weighted by Crippen LogP contribution is -2.34. The number of aryl methyl sites for hydroxylation is 1. The highest BCUT2D eigenvalue weighted by atomic mass is 19.1. The van der Waals surface area contributed by atoms with Gasteiger partial charge in [0.1, 0.15) is 23.0 Å². The number of rotatable bonds is 5. The number of halogens is 1. The molecule has 2 aliphatic rings. The molecule has 3 N–H and O–H groups in total. The largest absolute Gasteiger partial charge is 0.356 e. The molecule has 2 saturated heterocycles. The highest BCUT2D eigenvalue weighted by Gasteiger charge is 2.43. The predicted octanol–water partition coefficient (Wildman–Crippen LogP) is 1.47. The Labute approximate surface area is 172 Å². The molecule has 2 atom stereocenters. The molecule has 0 saturated carbocycles. The lowest BCUT2D eigenvalue weighted by Gasteiger charge is -2.23. The second-order valence-electron chi connectivity index (χ2n) is 7.54. The van der Waals surface area contributed by atoms with E-state index in [2.05, 4.69) is 25.4 Å². The Morgan fingerprint density at radius 3 is 2.73 bits per heavy atom. The molecule has 1 amide bonds. The first kappa shape index (κ1) is 19.7. The fourth-order valence-corrected chi connectivity index (χ4v) is 4.21. The number of benzene rings is 1. The van der Waals surface area contributed by atoms with Gasteiger partial charge in [-0.25, -0.2) is 9.37 Å². The van der Waals surface area contributed by atoms with Crippen LogP contribution >= 0.6 is 0 Å². The molecule has 30 heavy (non-hydrogen) atoms. The van der Waals surface area contributed by atoms with Crippen molar-refractivity contribution in [1.82, 2.24) is 14.9 Å². The molecule has 4 rings (SSSR count). The Bertz CT molecular complexity index is 1050. The number of aromatic nitrogens is 2. The van der Waals surface area contributed by atoms with E-state index in [0.717, 1.165) is 6.21 Å². The number of amides is 1. The summed E-state index contributed by atoms with van der Waals surface area (Å²) in [6.45, 7) is 4.15. The molecular formula is C20H22FN7O2. The minimum Gasteiger partial charge on any atom is -0.356 e. The summed E-state index contributed by atoms with van der Waals surface area (Å²) >= 11 is 0. The summed E-state index contributed by atoms with van der Waals surface area (Å²) in [5, 5.41) is 10.8. The van der Waals surface area contributed by atoms with Gasteiger partial charge in [-0.3, -0.25) is 15.0 Å². The van der Waals surface area contributed by atoms with E-state index < -0.39 is 5.82 Å². The summed E-state index contributed by atoms with van der Waals surface area (Å²) in [7, 11) is 0. The number of hydrazone groups is 1. The average molecular weight is 411 g/mol. The number of aromatic amines is 1. The molecule has 10 heteroatoms. The zero-order valence-electron chi connectivity index (χ0n) is 16.4. The van der Waals surface area contributed by atoms with Gasteiger partial charge in [0.15, 0.2) is 0 Å². The zero-order valence-corrected chi connectivity index (χ0v) is 16.4. The molecule has 2 unspecified atom stereocenters. The Morgan fingerprint density at radius 2 is 2.07 bits per heavy atom. The fraction of sp³-hybridized carbons (Fsp3) is 0.350. The van der Waals surface area contributed by atoms with Crippen LogP contribution in [0.1, 0.15) is 16.2 Å². The molecule has 156 valence electrons. The fourth-order valence-electron chi connectivity index (χ4n) is 4.21. The van der Waals surface area contributed by atoms with Gasteiger partial charge in [0.2, 0.25) is 0 Å². The molecule has 2 aromatic rings. The van der Waals surface area contributed by atoms with Crippen LogP contribution in [-0.2, 0) is 0 Å². The van der Waals surface area contributed by atoms with Gasteiger partial charge in [-0.15, -0.1) is 0 Å². The van der Waals surface area contributed by atoms with Crippen molar-refractivity contribution in [3.8, 4) is 0 Å². The molecular weight excluding hydrogens is 389 g/mol. The van der Waals surface area contributed by atoms with E-state index in [4.69, 9.17) is 5.41 Å². The van der Waals surface area contributed by atoms with Crippen molar-refractivity contribution in [2.24, 2.45) is 16.9 Å². The number of hydrogen-bond acceptors (Lipinski definition) is 7. The zero-order chi connectivity index (χ0) is 21.3. The van der Waals surface area contributed by atoms with Crippen molar-refractivity contribution < 1.29 is 9.18 Å². The number of anilines is 2. The predicted molar refractivity (Wildman–Crippen MR) is 112 cm³/mol. The van der Waals surface area contributed by atoms with E-state index in [0.29, 0.717) is 37.8 Å². The van der Waals surface area contributed by atoms with Crippen molar-refractivity contribution in [2.45, 2.75) is 6.92 Å². The first-order valence-electron chi connectivity index (χ1n) is 9.65. The normalized spacial score (nSPS) is 20.6. The molecule has 2 aliphatic heterocycles. The first-order valence-corrected chi connectivity index (χ1v) is 9.65. The van der Waals surface area contributed by atoms with Crippen LogP contribution in [0.25, 0.3) is 0 Å². The van der Waals surface area contributed by atoms with Gasteiger partial charge in [0.05, 0.1) is 11.9 Å². The number of H-pyrrole nitrogens is 1. The van der Waals surface area contributed by atoms with Crippen molar-refractivity contribution in [3.05, 3.63) is 51.8 Å². The van der Waals surface area contributed by atoms with Gasteiger partial charge >= 0.3 is 0 Å². The smallest absolute Gasteiger partial charge is 0.259 e. The second kappa shape index (κ2) is 8.05. The van der Waals surface area contributed by atoms with E-state index in [9.17, 15) is 14.0 Å². The van der Waals surface area contributed by atoms with Crippen LogP contribution in [0.2, 0.25) is 0 Å². The summed E-state index contributed by atoms with van der Waals surface area (Å²) in [5.74, 6) is 0.678. The van der Waals surface area contributed by atoms with Gasteiger partial charge < -0.3 is 20.2 Å². The van der Waals surface area contributed by atoms with Crippen molar-refractivity contribution in [3.63, 3.8) is 0 Å². The van der Waals surface area contributed by atoms with E-state index >= 15 is 0 Å². The third-order valence-electron chi connectivity index (χ3n) is 5.51. The maximum absolute atomic E-state index is 14.5. The highest BCUT2D eigenvalue weighted by Crippen LogP contribution is 2.34. The summed E-state index contributed by atoms with van der Waals surface area (Å²) in [6.07, 6.45) is 2.19. The van der Waals surface area contributed by atoms with E-state index in [1.165, 1.54) is 24.4 Å². The van der Waals surface area contributed by atoms with Gasteiger partial charge in [-0.05, 0) is 19.1 Å². The molecule has 0 radical (unpaired) electrons. The quantitative estimate of drug-likeness (QED) is 0.509. The van der Waals surface area contributed by atoms with Crippen molar-refractivity contribution in [1.29, 1.82) is 5.41 Å². The van der Waals surface area contributed by atoms with Crippen LogP contribution in [0.3, 0.4) is 0 Å². The molecule has 1 aromatic carbocycles. The van der Waals surface area contributed by atoms with Crippen LogP contribution in [0.5, 0.6) is 0 Å². The Balaban J connectivity index is 1.48. The van der Waals surface area contributed by atoms with Crippen molar-refractivity contribution in [2.75, 3.05) is 36.5 Å². The molecule has 3 heterocycles. The van der Waals surface area contributed by atoms with Gasteiger partial charge in [0.25, 0.3) is 11.5 Å². The summed E-state index contributed by atoms with van der Waals surface area (Å²) in [4.78, 5) is 35.6. The Hall–Kier alpha value is -3.56. The van der Waals surface area contributed by atoms with E-state index in [-0.39, 0.29) is 34.6 Å². The Kier molecular flexibility index (Phi) is 5.30. The number of carbonyl (C=O) groups is 1. The second-order valence-corrected chi connectivity index (χ2v) is 7.54. The minimum atomic E-state index is -0.614. The first-order chi connectivity index (χ1) is 14.5. The third-order valence-corrected chi connectivity index (χ3v) is 5.51. The van der Waals surface area contributed by atoms with Crippen LogP contribution < -0.4 is 15.9 Å². The van der Waals surface area contributed by atoms with Crippen LogP contribution in [0.4, 0.5) is 15.9 Å². The van der Waals surface area contributed by atoms with Crippen LogP contribution in [0, 0.1) is 30.0 Å². The summed E-state index contributed by atoms with van der Waals surface area (Å²) in [6, 6.07) is 5.82. The maximum Gasteiger partial charge on any atom is 0.259 e. The van der Waals surface area contributed by atoms with E-state index in [1.54, 1.807) is 17.9 Å². The molecule has 1 aromatic heterocycles. The molecule has 0 aliphatic carbocycles. The number of hydrogen-bond donors (Lipinski definition) is 3. The maximum atomic E-state index is 14.5. The van der Waals surface area contributed by atoms with Crippen LogP contribution in [0.15, 0.2) is 34.2 Å². The summed E-state index contributed by atoms with van der Waals surface area (Å²) in [5.41, 5.74) is 2.66. The minimum absolute atomic E-state index is 0.0525. The molecule has 2 fully saturated rings. The number of likely N-dealkylation sites (tertiary alicyclic amines) is 1. The standard InChI is InChI=1S/C20H22FN7O2/c1-12-24-17(7-18(29)25-12)27-8-13-10-28(11-14(13)9-27)20(30)19-15(21)3-2-4-16(19)26-23-6-5-22/h2-7,13-14,22,26H,8-11H2,1H3,(H,24,25,29)/b22-5?,23-6-. The number of nitrogens with zero attached hydrogens (tertiary/aromatic N) is 4. The van der Waals surface area contributed by atoms with Gasteiger partial charge in [-0.1, -0.05) is 6.07 Å². The lowest BCUT2D eigenvalue weighted by molar-refractivity contribution is 0.0779. The summed E-state index contributed by atoms with van der Waals surface area (Å²) < 4.78 is 14.5.